The van der Waals surface area contributed by atoms with Crippen LogP contribution in [0, 0.1) is 0 Å². The van der Waals surface area contributed by atoms with Gasteiger partial charge in [0.25, 0.3) is 0 Å². The largest absolute Gasteiger partial charge is 0.416 e. The predicted molar refractivity (Wildman–Crippen MR) is 90.8 cm³/mol. The molecule has 1 aromatic carbocycles. The van der Waals surface area contributed by atoms with E-state index in [0.29, 0.717) is 6.54 Å². The van der Waals surface area contributed by atoms with Crippen LogP contribution in [-0.4, -0.2) is 35.1 Å². The summed E-state index contributed by atoms with van der Waals surface area (Å²) in [6.45, 7) is 6.01. The van der Waals surface area contributed by atoms with E-state index in [4.69, 9.17) is 16.4 Å². The molecule has 0 aliphatic rings. The van der Waals surface area contributed by atoms with Gasteiger partial charge in [-0.1, -0.05) is 28.9 Å². The number of halogens is 5. The molecule has 0 saturated heterocycles. The molecule has 0 aliphatic carbocycles. The van der Waals surface area contributed by atoms with Crippen molar-refractivity contribution in [1.29, 1.82) is 0 Å². The molecule has 0 aromatic heterocycles. The molecule has 138 valence electrons. The predicted octanol–water partition coefficient (Wildman–Crippen LogP) is 3.79. The van der Waals surface area contributed by atoms with E-state index in [9.17, 15) is 18.3 Å². The van der Waals surface area contributed by atoms with Gasteiger partial charge in [0, 0.05) is 17.6 Å². The van der Waals surface area contributed by atoms with Crippen LogP contribution in [-0.2, 0) is 11.0 Å². The van der Waals surface area contributed by atoms with Crippen LogP contribution >= 0.6 is 24.0 Å². The number of aliphatic hydroxyl groups is 1. The molecule has 1 aromatic rings. The lowest BCUT2D eigenvalue weighted by molar-refractivity contribution is -0.137. The molecular weight excluding hydrogens is 368 g/mol. The summed E-state index contributed by atoms with van der Waals surface area (Å²) in [5, 5.41) is 16.1. The highest BCUT2D eigenvalue weighted by atomic mass is 35.5. The molecule has 0 bridgehead atoms. The quantitative estimate of drug-likeness (QED) is 0.575. The normalized spacial score (nSPS) is 14.1. The third-order valence-corrected chi connectivity index (χ3v) is 2.99. The van der Waals surface area contributed by atoms with Crippen LogP contribution in [0.4, 0.5) is 13.2 Å². The number of aliphatic hydroxyl groups excluding tert-OH is 1. The number of nitrogens with one attached hydrogen (secondary N) is 1. The molecular formula is C15H21Cl2F3N2O2. The first-order chi connectivity index (χ1) is 10.5. The highest BCUT2D eigenvalue weighted by Gasteiger charge is 2.30. The number of alkyl halides is 3. The van der Waals surface area contributed by atoms with Gasteiger partial charge >= 0.3 is 6.18 Å². The Bertz CT molecular complexity index is 546. The summed E-state index contributed by atoms with van der Waals surface area (Å²) < 4.78 is 37.8. The van der Waals surface area contributed by atoms with Crippen molar-refractivity contribution >= 4 is 29.2 Å². The van der Waals surface area contributed by atoms with Gasteiger partial charge in [-0.25, -0.2) is 0 Å². The highest BCUT2D eigenvalue weighted by Crippen LogP contribution is 2.29. The van der Waals surface area contributed by atoms with Crippen LogP contribution in [0.5, 0.6) is 0 Å². The fraction of sp³-hybridized carbons (Fsp3) is 0.533. The van der Waals surface area contributed by atoms with Crippen LogP contribution in [0.15, 0.2) is 29.4 Å². The highest BCUT2D eigenvalue weighted by molar-refractivity contribution is 6.69. The summed E-state index contributed by atoms with van der Waals surface area (Å²) in [5.41, 5.74) is -0.888. The second-order valence-electron chi connectivity index (χ2n) is 6.04. The van der Waals surface area contributed by atoms with E-state index >= 15 is 0 Å². The summed E-state index contributed by atoms with van der Waals surface area (Å²) in [7, 11) is 0. The molecule has 4 nitrogen and oxygen atoms in total. The maximum absolute atomic E-state index is 12.6. The molecule has 0 amide bonds. The van der Waals surface area contributed by atoms with Crippen molar-refractivity contribution in [1.82, 2.24) is 5.32 Å². The van der Waals surface area contributed by atoms with Gasteiger partial charge in [0.15, 0.2) is 5.17 Å². The lowest BCUT2D eigenvalue weighted by Gasteiger charge is -2.22. The van der Waals surface area contributed by atoms with Gasteiger partial charge in [0.05, 0.1) is 5.56 Å². The maximum atomic E-state index is 12.6. The van der Waals surface area contributed by atoms with Crippen molar-refractivity contribution in [2.45, 2.75) is 38.6 Å². The van der Waals surface area contributed by atoms with Crippen LogP contribution in [0.3, 0.4) is 0 Å². The Morgan fingerprint density at radius 2 is 1.96 bits per heavy atom. The van der Waals surface area contributed by atoms with E-state index in [0.717, 1.165) is 12.1 Å². The molecule has 0 radical (unpaired) electrons. The Balaban J connectivity index is 0.00000529. The van der Waals surface area contributed by atoms with E-state index in [1.165, 1.54) is 12.1 Å². The zero-order valence-electron chi connectivity index (χ0n) is 13.5. The summed E-state index contributed by atoms with van der Waals surface area (Å²) in [6.07, 6.45) is -5.27. The van der Waals surface area contributed by atoms with Gasteiger partial charge in [-0.15, -0.1) is 12.4 Å². The van der Waals surface area contributed by atoms with Gasteiger partial charge in [-0.05, 0) is 32.9 Å². The van der Waals surface area contributed by atoms with Crippen molar-refractivity contribution < 1.29 is 23.1 Å². The first kappa shape index (κ1) is 23.0. The molecule has 2 N–H and O–H groups in total. The Morgan fingerprint density at radius 1 is 1.33 bits per heavy atom. The summed E-state index contributed by atoms with van der Waals surface area (Å²) >= 11 is 5.82. The van der Waals surface area contributed by atoms with E-state index < -0.39 is 17.8 Å². The van der Waals surface area contributed by atoms with Gasteiger partial charge in [0.1, 0.15) is 12.7 Å². The number of β-amino-alcohol motifs (C(OH)–C–C–N with tert-alkyl or cyclic N) is 1. The standard InChI is InChI=1S/C15H20ClF3N2O2.ClH/c1-14(2,3)20-8-12(22)9-23-21-13(16)10-5-4-6-11(7-10)15(17,18)19;/h4-7,12,20,22H,8-9H2,1-3H3;1H. The second kappa shape index (κ2) is 9.46. The van der Waals surface area contributed by atoms with E-state index in [2.05, 4.69) is 10.5 Å². The van der Waals surface area contributed by atoms with Crippen molar-refractivity contribution in [3.05, 3.63) is 35.4 Å². The molecule has 1 atom stereocenters. The fourth-order valence-electron chi connectivity index (χ4n) is 1.54. The molecule has 0 spiro atoms. The average Bonchev–Trinajstić information content (AvgIpc) is 2.43. The van der Waals surface area contributed by atoms with E-state index in [1.807, 2.05) is 20.8 Å². The average molecular weight is 389 g/mol. The minimum absolute atomic E-state index is 0. The zero-order valence-corrected chi connectivity index (χ0v) is 15.1. The molecule has 0 aliphatic heterocycles. The maximum Gasteiger partial charge on any atom is 0.416 e. The summed E-state index contributed by atoms with van der Waals surface area (Å²) in [6, 6.07) is 4.45. The first-order valence-electron chi connectivity index (χ1n) is 6.95. The van der Waals surface area contributed by atoms with E-state index in [-0.39, 0.29) is 35.3 Å². The van der Waals surface area contributed by atoms with Gasteiger partial charge in [0.2, 0.25) is 0 Å². The Morgan fingerprint density at radius 3 is 2.50 bits per heavy atom. The Hall–Kier alpha value is -1.02. The summed E-state index contributed by atoms with van der Waals surface area (Å²) in [5.74, 6) is 0. The lowest BCUT2D eigenvalue weighted by atomic mass is 10.1. The van der Waals surface area contributed by atoms with Gasteiger partial charge in [-0.2, -0.15) is 13.2 Å². The second-order valence-corrected chi connectivity index (χ2v) is 6.40. The number of hydrogen-bond donors (Lipinski definition) is 2. The third-order valence-electron chi connectivity index (χ3n) is 2.71. The number of oxime groups is 1. The third kappa shape index (κ3) is 8.73. The SMILES string of the molecule is CC(C)(C)NCC(O)CON=C(Cl)c1cccc(C(F)(F)F)c1.Cl. The van der Waals surface area contributed by atoms with Crippen molar-refractivity contribution in [3.63, 3.8) is 0 Å². The minimum atomic E-state index is -4.46. The minimum Gasteiger partial charge on any atom is -0.392 e. The zero-order chi connectivity index (χ0) is 17.7. The molecule has 0 fully saturated rings. The molecule has 9 heteroatoms. The monoisotopic (exact) mass is 388 g/mol. The molecule has 1 unspecified atom stereocenters. The van der Waals surface area contributed by atoms with Gasteiger partial charge in [-0.3, -0.25) is 0 Å². The Kier molecular flexibility index (Phi) is 9.06. The molecule has 1 rings (SSSR count). The van der Waals surface area contributed by atoms with Crippen LogP contribution in [0.25, 0.3) is 0 Å². The number of hydrogen-bond acceptors (Lipinski definition) is 4. The van der Waals surface area contributed by atoms with Crippen molar-refractivity contribution in [2.75, 3.05) is 13.2 Å². The van der Waals surface area contributed by atoms with Gasteiger partial charge < -0.3 is 15.3 Å². The Labute approximate surface area is 150 Å². The molecule has 0 saturated carbocycles. The fourth-order valence-corrected chi connectivity index (χ4v) is 1.71. The lowest BCUT2D eigenvalue weighted by Crippen LogP contribution is -2.42. The van der Waals surface area contributed by atoms with Crippen molar-refractivity contribution in [2.24, 2.45) is 5.16 Å². The number of rotatable bonds is 6. The first-order valence-corrected chi connectivity index (χ1v) is 7.33. The van der Waals surface area contributed by atoms with Crippen LogP contribution in [0.2, 0.25) is 0 Å². The number of benzene rings is 1. The molecule has 24 heavy (non-hydrogen) atoms. The molecule has 0 heterocycles. The van der Waals surface area contributed by atoms with Crippen LogP contribution in [0.1, 0.15) is 31.9 Å². The number of nitrogens with zero attached hydrogens (tertiary/aromatic N) is 1. The summed E-state index contributed by atoms with van der Waals surface area (Å²) in [4.78, 5) is 4.89. The van der Waals surface area contributed by atoms with E-state index in [1.54, 1.807) is 0 Å². The smallest absolute Gasteiger partial charge is 0.392 e. The van der Waals surface area contributed by atoms with Crippen molar-refractivity contribution in [3.8, 4) is 0 Å². The topological polar surface area (TPSA) is 53.8 Å². The van der Waals surface area contributed by atoms with Crippen LogP contribution < -0.4 is 5.32 Å².